The first kappa shape index (κ1) is 14.6. The van der Waals surface area contributed by atoms with Crippen LogP contribution in [0.3, 0.4) is 0 Å². The average Bonchev–Trinajstić information content (AvgIpc) is 3.20. The molecule has 7 heteroatoms. The molecule has 3 rings (SSSR count). The number of rotatable bonds is 3. The third kappa shape index (κ3) is 2.47. The van der Waals surface area contributed by atoms with E-state index in [-0.39, 0.29) is 17.9 Å². The summed E-state index contributed by atoms with van der Waals surface area (Å²) in [5.74, 6) is 0.256. The summed E-state index contributed by atoms with van der Waals surface area (Å²) < 4.78 is 2.68. The highest BCUT2D eigenvalue weighted by Crippen LogP contribution is 2.38. The van der Waals surface area contributed by atoms with Crippen LogP contribution in [-0.2, 0) is 23.2 Å². The number of aromatic nitrogens is 2. The second kappa shape index (κ2) is 5.12. The molecule has 2 heterocycles. The molecule has 1 aromatic rings. The van der Waals surface area contributed by atoms with Gasteiger partial charge in [-0.3, -0.25) is 14.3 Å². The van der Waals surface area contributed by atoms with Crippen molar-refractivity contribution >= 4 is 27.7 Å². The molecule has 1 saturated carbocycles. The van der Waals surface area contributed by atoms with Gasteiger partial charge >= 0.3 is 0 Å². The Morgan fingerprint density at radius 1 is 1.38 bits per heavy atom. The lowest BCUT2D eigenvalue weighted by molar-refractivity contribution is -0.150. The summed E-state index contributed by atoms with van der Waals surface area (Å²) in [6.07, 6.45) is 2.03. The van der Waals surface area contributed by atoms with Gasteiger partial charge in [-0.25, -0.2) is 0 Å². The summed E-state index contributed by atoms with van der Waals surface area (Å²) in [4.78, 5) is 26.5. The summed E-state index contributed by atoms with van der Waals surface area (Å²) >= 11 is 3.53. The first-order chi connectivity index (χ1) is 9.90. The molecule has 2 amide bonds. The second-order valence-electron chi connectivity index (χ2n) is 5.95. The summed E-state index contributed by atoms with van der Waals surface area (Å²) in [7, 11) is 1.86. The molecule has 21 heavy (non-hydrogen) atoms. The monoisotopic (exact) mass is 354 g/mol. The smallest absolute Gasteiger partial charge is 0.245 e. The lowest BCUT2D eigenvalue weighted by atomic mass is 10.0. The number of carbonyl (C=O) groups excluding carboxylic acids is 2. The molecule has 1 saturated heterocycles. The van der Waals surface area contributed by atoms with E-state index in [9.17, 15) is 9.59 Å². The van der Waals surface area contributed by atoms with Crippen LogP contribution in [0.5, 0.6) is 0 Å². The van der Waals surface area contributed by atoms with E-state index in [0.717, 1.165) is 28.7 Å². The van der Waals surface area contributed by atoms with E-state index in [2.05, 4.69) is 26.3 Å². The minimum Gasteiger partial charge on any atom is -0.343 e. The number of amides is 2. The largest absolute Gasteiger partial charge is 0.343 e. The SMILES string of the molecule is Cc1nn(C)c(CN2C(=O)C(C)NC(=O)C2C2CC2)c1Br. The molecule has 1 N–H and O–H groups in total. The molecule has 0 spiro atoms. The van der Waals surface area contributed by atoms with Crippen molar-refractivity contribution < 1.29 is 9.59 Å². The van der Waals surface area contributed by atoms with Crippen LogP contribution in [0.1, 0.15) is 31.2 Å². The minimum atomic E-state index is -0.458. The Hall–Kier alpha value is -1.37. The molecular formula is C14H19BrN4O2. The molecule has 1 aliphatic heterocycles. The molecule has 0 radical (unpaired) electrons. The number of nitrogens with one attached hydrogen (secondary N) is 1. The summed E-state index contributed by atoms with van der Waals surface area (Å²) in [6, 6.07) is -0.795. The zero-order chi connectivity index (χ0) is 15.3. The van der Waals surface area contributed by atoms with Gasteiger partial charge < -0.3 is 10.2 Å². The van der Waals surface area contributed by atoms with Gasteiger partial charge in [0.25, 0.3) is 0 Å². The van der Waals surface area contributed by atoms with Crippen LogP contribution < -0.4 is 5.32 Å². The van der Waals surface area contributed by atoms with Crippen LogP contribution in [0.25, 0.3) is 0 Å². The van der Waals surface area contributed by atoms with Crippen LogP contribution in [-0.4, -0.2) is 38.6 Å². The predicted molar refractivity (Wildman–Crippen MR) is 80.3 cm³/mol. The van der Waals surface area contributed by atoms with Gasteiger partial charge in [0.05, 0.1) is 22.4 Å². The first-order valence-corrected chi connectivity index (χ1v) is 7.98. The van der Waals surface area contributed by atoms with Crippen molar-refractivity contribution in [2.75, 3.05) is 0 Å². The Bertz CT molecular complexity index is 608. The molecule has 1 aliphatic carbocycles. The zero-order valence-corrected chi connectivity index (χ0v) is 14.0. The summed E-state index contributed by atoms with van der Waals surface area (Å²) in [6.45, 7) is 4.06. The highest BCUT2D eigenvalue weighted by molar-refractivity contribution is 9.10. The molecule has 2 aliphatic rings. The van der Waals surface area contributed by atoms with Gasteiger partial charge in [0.2, 0.25) is 11.8 Å². The lowest BCUT2D eigenvalue weighted by Gasteiger charge is -2.38. The van der Waals surface area contributed by atoms with Gasteiger partial charge in [0.15, 0.2) is 0 Å². The standard InChI is InChI=1S/C14H19BrN4O2/c1-7-11(15)10(18(3)17-7)6-19-12(9-4-5-9)13(20)16-8(2)14(19)21/h8-9,12H,4-6H2,1-3H3,(H,16,20). The van der Waals surface area contributed by atoms with Crippen LogP contribution in [0.15, 0.2) is 4.47 Å². The van der Waals surface area contributed by atoms with Crippen molar-refractivity contribution in [2.45, 2.75) is 45.3 Å². The molecule has 1 aromatic heterocycles. The number of carbonyl (C=O) groups is 2. The Morgan fingerprint density at radius 3 is 2.57 bits per heavy atom. The van der Waals surface area contributed by atoms with Crippen LogP contribution >= 0.6 is 15.9 Å². The van der Waals surface area contributed by atoms with E-state index in [1.807, 2.05) is 14.0 Å². The number of piperazine rings is 1. The normalized spacial score (nSPS) is 26.2. The third-order valence-electron chi connectivity index (χ3n) is 4.27. The van der Waals surface area contributed by atoms with E-state index in [1.54, 1.807) is 16.5 Å². The molecule has 0 bridgehead atoms. The topological polar surface area (TPSA) is 67.2 Å². The van der Waals surface area contributed by atoms with E-state index >= 15 is 0 Å². The van der Waals surface area contributed by atoms with Gasteiger partial charge in [0.1, 0.15) is 12.1 Å². The van der Waals surface area contributed by atoms with E-state index < -0.39 is 6.04 Å². The van der Waals surface area contributed by atoms with E-state index in [1.165, 1.54) is 0 Å². The number of hydrogen-bond donors (Lipinski definition) is 1. The van der Waals surface area contributed by atoms with Crippen molar-refractivity contribution in [3.63, 3.8) is 0 Å². The van der Waals surface area contributed by atoms with Crippen molar-refractivity contribution in [3.05, 3.63) is 15.9 Å². The lowest BCUT2D eigenvalue weighted by Crippen LogP contribution is -2.62. The number of nitrogens with zero attached hydrogens (tertiary/aromatic N) is 3. The Labute approximate surface area is 132 Å². The van der Waals surface area contributed by atoms with Crippen molar-refractivity contribution in [1.29, 1.82) is 0 Å². The average molecular weight is 355 g/mol. The van der Waals surface area contributed by atoms with E-state index in [4.69, 9.17) is 0 Å². The Morgan fingerprint density at radius 2 is 2.05 bits per heavy atom. The molecule has 2 fully saturated rings. The Balaban J connectivity index is 1.92. The van der Waals surface area contributed by atoms with Crippen LogP contribution in [0.4, 0.5) is 0 Å². The van der Waals surface area contributed by atoms with Gasteiger partial charge in [-0.05, 0) is 48.5 Å². The Kier molecular flexibility index (Phi) is 3.55. The van der Waals surface area contributed by atoms with Gasteiger partial charge in [-0.15, -0.1) is 0 Å². The predicted octanol–water partition coefficient (Wildman–Crippen LogP) is 1.12. The maximum atomic E-state index is 12.5. The fourth-order valence-corrected chi connectivity index (χ4v) is 3.42. The molecule has 114 valence electrons. The molecule has 2 unspecified atom stereocenters. The number of hydrogen-bond acceptors (Lipinski definition) is 3. The quantitative estimate of drug-likeness (QED) is 0.884. The van der Waals surface area contributed by atoms with Gasteiger partial charge in [0, 0.05) is 7.05 Å². The summed E-state index contributed by atoms with van der Waals surface area (Å²) in [5, 5.41) is 7.14. The zero-order valence-electron chi connectivity index (χ0n) is 12.4. The van der Waals surface area contributed by atoms with Gasteiger partial charge in [-0.2, -0.15) is 5.10 Å². The van der Waals surface area contributed by atoms with Gasteiger partial charge in [-0.1, -0.05) is 0 Å². The molecule has 6 nitrogen and oxygen atoms in total. The maximum Gasteiger partial charge on any atom is 0.245 e. The summed E-state index contributed by atoms with van der Waals surface area (Å²) in [5.41, 5.74) is 1.81. The van der Waals surface area contributed by atoms with Crippen LogP contribution in [0, 0.1) is 12.8 Å². The molecule has 2 atom stereocenters. The van der Waals surface area contributed by atoms with Crippen LogP contribution in [0.2, 0.25) is 0 Å². The molecular weight excluding hydrogens is 336 g/mol. The minimum absolute atomic E-state index is 0.0164. The van der Waals surface area contributed by atoms with Crippen molar-refractivity contribution in [2.24, 2.45) is 13.0 Å². The second-order valence-corrected chi connectivity index (χ2v) is 6.74. The maximum absolute atomic E-state index is 12.5. The highest BCUT2D eigenvalue weighted by Gasteiger charge is 2.47. The highest BCUT2D eigenvalue weighted by atomic mass is 79.9. The number of aryl methyl sites for hydroxylation is 2. The van der Waals surface area contributed by atoms with E-state index in [0.29, 0.717) is 12.5 Å². The first-order valence-electron chi connectivity index (χ1n) is 7.19. The molecule has 0 aromatic carbocycles. The number of halogens is 1. The fraction of sp³-hybridized carbons (Fsp3) is 0.643. The van der Waals surface area contributed by atoms with Crippen molar-refractivity contribution in [3.8, 4) is 0 Å². The third-order valence-corrected chi connectivity index (χ3v) is 5.30. The van der Waals surface area contributed by atoms with Crippen molar-refractivity contribution in [1.82, 2.24) is 20.0 Å². The fourth-order valence-electron chi connectivity index (χ4n) is 2.96.